The molecule has 152 valence electrons. The summed E-state index contributed by atoms with van der Waals surface area (Å²) in [7, 11) is -3.49. The van der Waals surface area contributed by atoms with Crippen molar-refractivity contribution in [3.8, 4) is 5.75 Å². The lowest BCUT2D eigenvalue weighted by Gasteiger charge is -2.04. The summed E-state index contributed by atoms with van der Waals surface area (Å²) in [5.41, 5.74) is 0. The van der Waals surface area contributed by atoms with Gasteiger partial charge in [0.15, 0.2) is 9.84 Å². The predicted octanol–water partition coefficient (Wildman–Crippen LogP) is 3.35. The van der Waals surface area contributed by atoms with Crippen LogP contribution in [-0.2, 0) is 21.1 Å². The van der Waals surface area contributed by atoms with Crippen LogP contribution in [0.25, 0.3) is 0 Å². The summed E-state index contributed by atoms with van der Waals surface area (Å²) in [6.07, 6.45) is 1.31. The van der Waals surface area contributed by atoms with Crippen LogP contribution in [0.3, 0.4) is 0 Å². The number of nitrogens with zero attached hydrogens (tertiary/aromatic N) is 2. The minimum atomic E-state index is -3.49. The summed E-state index contributed by atoms with van der Waals surface area (Å²) >= 11 is 1.28. The molecule has 0 aliphatic carbocycles. The number of carbonyl (C=O) groups excluding carboxylic acids is 1. The third-order valence-corrected chi connectivity index (χ3v) is 6.59. The van der Waals surface area contributed by atoms with Crippen molar-refractivity contribution in [2.24, 2.45) is 0 Å². The number of carbonyl (C=O) groups is 1. The summed E-state index contributed by atoms with van der Waals surface area (Å²) in [5.74, 6) is 0.161. The quantitative estimate of drug-likeness (QED) is 0.494. The van der Waals surface area contributed by atoms with Crippen molar-refractivity contribution in [3.63, 3.8) is 0 Å². The first-order valence-electron chi connectivity index (χ1n) is 9.11. The van der Waals surface area contributed by atoms with E-state index in [1.807, 2.05) is 30.3 Å². The van der Waals surface area contributed by atoms with E-state index in [4.69, 9.17) is 4.74 Å². The van der Waals surface area contributed by atoms with Gasteiger partial charge in [0.2, 0.25) is 11.0 Å². The minimum Gasteiger partial charge on any atom is -0.494 e. The second kappa shape index (κ2) is 10.1. The van der Waals surface area contributed by atoms with Crippen molar-refractivity contribution < 1.29 is 17.9 Å². The molecule has 0 spiro atoms. The monoisotopic (exact) mass is 431 g/mol. The van der Waals surface area contributed by atoms with Crippen LogP contribution in [0.15, 0.2) is 65.6 Å². The number of rotatable bonds is 10. The number of anilines is 1. The molecule has 1 aromatic heterocycles. The molecule has 3 rings (SSSR count). The largest absolute Gasteiger partial charge is 0.494 e. The maximum absolute atomic E-state index is 12.2. The second-order valence-corrected chi connectivity index (χ2v) is 9.37. The van der Waals surface area contributed by atoms with Crippen molar-refractivity contribution in [1.29, 1.82) is 0 Å². The molecule has 0 aliphatic heterocycles. The number of para-hydroxylation sites is 1. The van der Waals surface area contributed by atoms with Gasteiger partial charge >= 0.3 is 0 Å². The van der Waals surface area contributed by atoms with E-state index in [-0.39, 0.29) is 17.1 Å². The number of ether oxygens (including phenoxy) is 1. The molecule has 0 aliphatic rings. The predicted molar refractivity (Wildman–Crippen MR) is 112 cm³/mol. The minimum absolute atomic E-state index is 0.142. The number of aromatic nitrogens is 2. The molecule has 7 nitrogen and oxygen atoms in total. The van der Waals surface area contributed by atoms with E-state index in [1.165, 1.54) is 23.5 Å². The fraction of sp³-hybridized carbons (Fsp3) is 0.250. The molecule has 1 N–H and O–H groups in total. The molecular weight excluding hydrogens is 410 g/mol. The first-order valence-corrected chi connectivity index (χ1v) is 11.6. The Bertz CT molecular complexity index is 1020. The van der Waals surface area contributed by atoms with Crippen LogP contribution in [0, 0.1) is 0 Å². The maximum Gasteiger partial charge on any atom is 0.227 e. The Morgan fingerprint density at radius 2 is 1.69 bits per heavy atom. The highest BCUT2D eigenvalue weighted by atomic mass is 32.2. The molecule has 2 aromatic carbocycles. The Morgan fingerprint density at radius 1 is 1.00 bits per heavy atom. The van der Waals surface area contributed by atoms with E-state index in [0.29, 0.717) is 18.2 Å². The van der Waals surface area contributed by atoms with Gasteiger partial charge in [-0.3, -0.25) is 4.79 Å². The Hall–Kier alpha value is -2.78. The van der Waals surface area contributed by atoms with Gasteiger partial charge in [0.1, 0.15) is 10.8 Å². The molecule has 0 saturated heterocycles. The van der Waals surface area contributed by atoms with Crippen LogP contribution in [0.4, 0.5) is 5.13 Å². The molecule has 0 atom stereocenters. The average Bonchev–Trinajstić information content (AvgIpc) is 3.18. The van der Waals surface area contributed by atoms with Crippen LogP contribution in [-0.4, -0.2) is 36.9 Å². The van der Waals surface area contributed by atoms with E-state index in [2.05, 4.69) is 15.5 Å². The van der Waals surface area contributed by atoms with Gasteiger partial charge in [0.25, 0.3) is 0 Å². The molecule has 0 bridgehead atoms. The van der Waals surface area contributed by atoms with Gasteiger partial charge in [0.05, 0.1) is 17.3 Å². The highest BCUT2D eigenvalue weighted by Crippen LogP contribution is 2.18. The maximum atomic E-state index is 12.2. The van der Waals surface area contributed by atoms with Crippen LogP contribution in [0.2, 0.25) is 0 Å². The molecule has 0 radical (unpaired) electrons. The van der Waals surface area contributed by atoms with E-state index in [0.717, 1.165) is 17.2 Å². The third kappa shape index (κ3) is 6.65. The Balaban J connectivity index is 1.40. The lowest BCUT2D eigenvalue weighted by molar-refractivity contribution is -0.115. The van der Waals surface area contributed by atoms with Crippen molar-refractivity contribution in [2.45, 2.75) is 24.2 Å². The fourth-order valence-corrected chi connectivity index (χ4v) is 4.55. The number of hydrogen-bond acceptors (Lipinski definition) is 7. The van der Waals surface area contributed by atoms with Gasteiger partial charge in [-0.05, 0) is 30.7 Å². The van der Waals surface area contributed by atoms with Crippen LogP contribution >= 0.6 is 11.3 Å². The number of aryl methyl sites for hydroxylation is 1. The Kier molecular flexibility index (Phi) is 7.31. The molecule has 0 fully saturated rings. The number of benzene rings is 2. The Morgan fingerprint density at radius 3 is 2.41 bits per heavy atom. The van der Waals surface area contributed by atoms with Crippen LogP contribution in [0.1, 0.15) is 17.8 Å². The second-order valence-electron chi connectivity index (χ2n) is 6.20. The normalized spacial score (nSPS) is 11.2. The summed E-state index contributed by atoms with van der Waals surface area (Å²) < 4.78 is 30.1. The summed E-state index contributed by atoms with van der Waals surface area (Å²) in [4.78, 5) is 12.3. The van der Waals surface area contributed by atoms with Crippen LogP contribution < -0.4 is 10.1 Å². The zero-order valence-corrected chi connectivity index (χ0v) is 17.3. The van der Waals surface area contributed by atoms with E-state index in [1.54, 1.807) is 18.2 Å². The van der Waals surface area contributed by atoms with E-state index >= 15 is 0 Å². The summed E-state index contributed by atoms with van der Waals surface area (Å²) in [6, 6.07) is 17.7. The number of sulfone groups is 1. The third-order valence-electron chi connectivity index (χ3n) is 3.96. The Labute approximate surface area is 173 Å². The highest BCUT2D eigenvalue weighted by molar-refractivity contribution is 7.91. The molecule has 1 amide bonds. The van der Waals surface area contributed by atoms with Gasteiger partial charge in [-0.25, -0.2) is 8.42 Å². The van der Waals surface area contributed by atoms with Crippen LogP contribution in [0.5, 0.6) is 5.75 Å². The number of nitrogens with one attached hydrogen (secondary N) is 1. The zero-order valence-electron chi connectivity index (χ0n) is 15.7. The van der Waals surface area contributed by atoms with Crippen molar-refractivity contribution >= 4 is 32.2 Å². The highest BCUT2D eigenvalue weighted by Gasteiger charge is 2.17. The molecule has 3 aromatic rings. The van der Waals surface area contributed by atoms with Crippen molar-refractivity contribution in [1.82, 2.24) is 10.2 Å². The lowest BCUT2D eigenvalue weighted by Crippen LogP contribution is -2.17. The standard InChI is InChI=1S/C20H21N3O4S2/c24-18(13-15-29(25,26)17-10-5-2-6-11-17)21-20-23-22-19(28-20)12-7-14-27-16-8-3-1-4-9-16/h1-6,8-11H,7,12-15H2,(H,21,23,24). The SMILES string of the molecule is O=C(CCS(=O)(=O)c1ccccc1)Nc1nnc(CCCOc2ccccc2)s1. The molecule has 29 heavy (non-hydrogen) atoms. The van der Waals surface area contributed by atoms with Gasteiger partial charge in [-0.2, -0.15) is 0 Å². The summed E-state index contributed by atoms with van der Waals surface area (Å²) in [6.45, 7) is 0.558. The molecular formula is C20H21N3O4S2. The summed E-state index contributed by atoms with van der Waals surface area (Å²) in [5, 5.41) is 11.8. The molecule has 0 unspecified atom stereocenters. The molecule has 1 heterocycles. The van der Waals surface area contributed by atoms with Gasteiger partial charge in [-0.15, -0.1) is 10.2 Å². The first kappa shape index (κ1) is 20.9. The van der Waals surface area contributed by atoms with E-state index in [9.17, 15) is 13.2 Å². The van der Waals surface area contributed by atoms with Crippen molar-refractivity contribution in [3.05, 3.63) is 65.7 Å². The smallest absolute Gasteiger partial charge is 0.227 e. The molecule has 9 heteroatoms. The van der Waals surface area contributed by atoms with Gasteiger partial charge in [-0.1, -0.05) is 47.7 Å². The zero-order chi connectivity index (χ0) is 20.5. The van der Waals surface area contributed by atoms with Gasteiger partial charge < -0.3 is 10.1 Å². The first-order chi connectivity index (χ1) is 14.0. The number of hydrogen-bond donors (Lipinski definition) is 1. The van der Waals surface area contributed by atoms with Crippen molar-refractivity contribution in [2.75, 3.05) is 17.7 Å². The van der Waals surface area contributed by atoms with E-state index < -0.39 is 15.7 Å². The number of amides is 1. The van der Waals surface area contributed by atoms with Gasteiger partial charge in [0, 0.05) is 12.8 Å². The lowest BCUT2D eigenvalue weighted by atomic mass is 10.3. The topological polar surface area (TPSA) is 98.2 Å². The molecule has 0 saturated carbocycles. The average molecular weight is 432 g/mol. The fourth-order valence-electron chi connectivity index (χ4n) is 2.49.